The molecule has 0 saturated heterocycles. The lowest BCUT2D eigenvalue weighted by atomic mass is 10.0. The number of benzene rings is 2. The molecule has 0 heterocycles. The Kier molecular flexibility index (Phi) is 3.82. The monoisotopic (exact) mass is 242 g/mol. The normalized spacial score (nSPS) is 9.53. The lowest BCUT2D eigenvalue weighted by Gasteiger charge is -2.03. The lowest BCUT2D eigenvalue weighted by molar-refractivity contribution is 0.350. The molecule has 0 amide bonds. The zero-order chi connectivity index (χ0) is 12.1. The van der Waals surface area contributed by atoms with E-state index in [1.54, 1.807) is 0 Å². The van der Waals surface area contributed by atoms with Gasteiger partial charge in [0, 0.05) is 16.1 Å². The van der Waals surface area contributed by atoms with Gasteiger partial charge in [0.05, 0.1) is 0 Å². The van der Waals surface area contributed by atoms with Crippen molar-refractivity contribution in [2.75, 3.05) is 6.61 Å². The molecule has 0 aromatic heterocycles. The quantitative estimate of drug-likeness (QED) is 0.761. The number of rotatable bonds is 1. The molecule has 2 rings (SSSR count). The summed E-state index contributed by atoms with van der Waals surface area (Å²) in [6.45, 7) is -0.119. The van der Waals surface area contributed by atoms with Gasteiger partial charge in [0.25, 0.3) is 0 Å². The van der Waals surface area contributed by atoms with Crippen LogP contribution in [0.4, 0.5) is 0 Å². The Balaban J connectivity index is 2.33. The second-order valence-electron chi connectivity index (χ2n) is 3.52. The molecule has 2 aromatic rings. The van der Waals surface area contributed by atoms with Crippen LogP contribution in [0.5, 0.6) is 0 Å². The SMILES string of the molecule is OCC#Cc1ccc(-c2ccccc2Cl)cc1. The Hall–Kier alpha value is -1.75. The van der Waals surface area contributed by atoms with Crippen LogP contribution in [-0.4, -0.2) is 11.7 Å². The van der Waals surface area contributed by atoms with Gasteiger partial charge >= 0.3 is 0 Å². The van der Waals surface area contributed by atoms with Crippen molar-refractivity contribution in [3.05, 3.63) is 59.1 Å². The van der Waals surface area contributed by atoms with E-state index < -0.39 is 0 Å². The largest absolute Gasteiger partial charge is 0.384 e. The van der Waals surface area contributed by atoms with Crippen LogP contribution < -0.4 is 0 Å². The van der Waals surface area contributed by atoms with Crippen molar-refractivity contribution in [3.63, 3.8) is 0 Å². The highest BCUT2D eigenvalue weighted by Crippen LogP contribution is 2.27. The Morgan fingerprint density at radius 2 is 1.71 bits per heavy atom. The maximum atomic E-state index is 8.61. The van der Waals surface area contributed by atoms with E-state index in [9.17, 15) is 0 Å². The van der Waals surface area contributed by atoms with Crippen LogP contribution in [0.25, 0.3) is 11.1 Å². The van der Waals surface area contributed by atoms with Gasteiger partial charge in [-0.05, 0) is 23.8 Å². The summed E-state index contributed by atoms with van der Waals surface area (Å²) in [6.07, 6.45) is 0. The fraction of sp³-hybridized carbons (Fsp3) is 0.0667. The van der Waals surface area contributed by atoms with Crippen molar-refractivity contribution in [2.24, 2.45) is 0 Å². The van der Waals surface area contributed by atoms with Gasteiger partial charge in [-0.2, -0.15) is 0 Å². The molecule has 0 unspecified atom stereocenters. The van der Waals surface area contributed by atoms with Gasteiger partial charge in [-0.25, -0.2) is 0 Å². The third-order valence-electron chi connectivity index (χ3n) is 2.38. The van der Waals surface area contributed by atoms with E-state index in [0.29, 0.717) is 0 Å². The number of hydrogen-bond acceptors (Lipinski definition) is 1. The minimum Gasteiger partial charge on any atom is -0.384 e. The fourth-order valence-corrected chi connectivity index (χ4v) is 1.81. The zero-order valence-electron chi connectivity index (χ0n) is 9.15. The molecular weight excluding hydrogens is 232 g/mol. The van der Waals surface area contributed by atoms with Gasteiger partial charge in [-0.15, -0.1) is 0 Å². The van der Waals surface area contributed by atoms with Gasteiger partial charge < -0.3 is 5.11 Å². The predicted octanol–water partition coefficient (Wildman–Crippen LogP) is 3.35. The second kappa shape index (κ2) is 5.54. The van der Waals surface area contributed by atoms with E-state index in [4.69, 9.17) is 16.7 Å². The molecule has 0 radical (unpaired) electrons. The van der Waals surface area contributed by atoms with Crippen molar-refractivity contribution in [3.8, 4) is 23.0 Å². The summed E-state index contributed by atoms with van der Waals surface area (Å²) in [5.41, 5.74) is 2.95. The summed E-state index contributed by atoms with van der Waals surface area (Å²) in [7, 11) is 0. The van der Waals surface area contributed by atoms with Gasteiger partial charge in [0.2, 0.25) is 0 Å². The van der Waals surface area contributed by atoms with E-state index >= 15 is 0 Å². The average molecular weight is 243 g/mol. The molecule has 1 N–H and O–H groups in total. The average Bonchev–Trinajstić information content (AvgIpc) is 2.38. The number of aliphatic hydroxyl groups excluding tert-OH is 1. The lowest BCUT2D eigenvalue weighted by Crippen LogP contribution is -1.81. The molecule has 0 saturated carbocycles. The molecule has 2 aromatic carbocycles. The van der Waals surface area contributed by atoms with Gasteiger partial charge in [0.1, 0.15) is 6.61 Å². The summed E-state index contributed by atoms with van der Waals surface area (Å²) in [5.74, 6) is 5.47. The third kappa shape index (κ3) is 2.88. The minimum atomic E-state index is -0.119. The third-order valence-corrected chi connectivity index (χ3v) is 2.71. The zero-order valence-corrected chi connectivity index (χ0v) is 9.91. The van der Waals surface area contributed by atoms with Crippen molar-refractivity contribution < 1.29 is 5.11 Å². The van der Waals surface area contributed by atoms with Crippen molar-refractivity contribution in [1.29, 1.82) is 0 Å². The van der Waals surface area contributed by atoms with Gasteiger partial charge in [-0.1, -0.05) is 53.8 Å². The molecule has 0 fully saturated rings. The maximum absolute atomic E-state index is 8.61. The highest BCUT2D eigenvalue weighted by molar-refractivity contribution is 6.33. The smallest absolute Gasteiger partial charge is 0.104 e. The molecule has 17 heavy (non-hydrogen) atoms. The Bertz CT molecular complexity index is 561. The Labute approximate surface area is 106 Å². The van der Waals surface area contributed by atoms with Gasteiger partial charge in [-0.3, -0.25) is 0 Å². The second-order valence-corrected chi connectivity index (χ2v) is 3.92. The van der Waals surface area contributed by atoms with Gasteiger partial charge in [0.15, 0.2) is 0 Å². The van der Waals surface area contributed by atoms with Crippen molar-refractivity contribution in [1.82, 2.24) is 0 Å². The van der Waals surface area contributed by atoms with Crippen molar-refractivity contribution >= 4 is 11.6 Å². The first-order valence-electron chi connectivity index (χ1n) is 5.26. The highest BCUT2D eigenvalue weighted by Gasteiger charge is 2.01. The molecule has 2 heteroatoms. The molecular formula is C15H11ClO. The standard InChI is InChI=1S/C15H11ClO/c16-15-6-2-1-5-14(15)13-9-7-12(8-10-13)4-3-11-17/h1-2,5-10,17H,11H2. The van der Waals surface area contributed by atoms with E-state index in [0.717, 1.165) is 21.7 Å². The molecule has 0 spiro atoms. The van der Waals surface area contributed by atoms with Crippen LogP contribution >= 0.6 is 11.6 Å². The number of hydrogen-bond donors (Lipinski definition) is 1. The molecule has 0 aliphatic rings. The number of aliphatic hydroxyl groups is 1. The van der Waals surface area contributed by atoms with Crippen LogP contribution in [0.15, 0.2) is 48.5 Å². The summed E-state index contributed by atoms with van der Waals surface area (Å²) in [5, 5.41) is 9.34. The van der Waals surface area contributed by atoms with Crippen molar-refractivity contribution in [2.45, 2.75) is 0 Å². The summed E-state index contributed by atoms with van der Waals surface area (Å²) < 4.78 is 0. The maximum Gasteiger partial charge on any atom is 0.104 e. The molecule has 0 bridgehead atoms. The van der Waals surface area contributed by atoms with Crippen LogP contribution in [0.1, 0.15) is 5.56 Å². The summed E-state index contributed by atoms with van der Waals surface area (Å²) in [4.78, 5) is 0. The molecule has 1 nitrogen and oxygen atoms in total. The van der Waals surface area contributed by atoms with Crippen LogP contribution in [0.2, 0.25) is 5.02 Å². The fourth-order valence-electron chi connectivity index (χ4n) is 1.57. The topological polar surface area (TPSA) is 20.2 Å². The first kappa shape index (κ1) is 11.7. The summed E-state index contributed by atoms with van der Waals surface area (Å²) >= 11 is 6.12. The van der Waals surface area contributed by atoms with Crippen LogP contribution in [0, 0.1) is 11.8 Å². The van der Waals surface area contributed by atoms with E-state index in [1.165, 1.54) is 0 Å². The first-order valence-corrected chi connectivity index (χ1v) is 5.64. The van der Waals surface area contributed by atoms with Crippen LogP contribution in [-0.2, 0) is 0 Å². The highest BCUT2D eigenvalue weighted by atomic mass is 35.5. The molecule has 0 aliphatic carbocycles. The minimum absolute atomic E-state index is 0.119. The number of halogens is 1. The summed E-state index contributed by atoms with van der Waals surface area (Å²) in [6, 6.07) is 15.5. The molecule has 0 atom stereocenters. The Morgan fingerprint density at radius 3 is 2.35 bits per heavy atom. The molecule has 0 aliphatic heterocycles. The van der Waals surface area contributed by atoms with E-state index in [2.05, 4.69) is 11.8 Å². The van der Waals surface area contributed by atoms with Crippen LogP contribution in [0.3, 0.4) is 0 Å². The first-order chi connectivity index (χ1) is 8.31. The molecule has 84 valence electrons. The van der Waals surface area contributed by atoms with E-state index in [-0.39, 0.29) is 6.61 Å². The Morgan fingerprint density at radius 1 is 1.00 bits per heavy atom. The predicted molar refractivity (Wildman–Crippen MR) is 70.9 cm³/mol. The van der Waals surface area contributed by atoms with E-state index in [1.807, 2.05) is 48.5 Å².